The predicted molar refractivity (Wildman–Crippen MR) is 108 cm³/mol. The largest absolute Gasteiger partial charge is 0.497 e. The first-order valence-corrected chi connectivity index (χ1v) is 9.64. The second kappa shape index (κ2) is 9.21. The molecule has 27 heavy (non-hydrogen) atoms. The third kappa shape index (κ3) is 5.22. The molecule has 0 aromatic heterocycles. The molecule has 1 saturated heterocycles. The van der Waals surface area contributed by atoms with Gasteiger partial charge >= 0.3 is 0 Å². The van der Waals surface area contributed by atoms with Crippen LogP contribution in [0.3, 0.4) is 0 Å². The lowest BCUT2D eigenvalue weighted by molar-refractivity contribution is -0.132. The van der Waals surface area contributed by atoms with E-state index < -0.39 is 0 Å². The van der Waals surface area contributed by atoms with Crippen molar-refractivity contribution in [2.24, 2.45) is 0 Å². The van der Waals surface area contributed by atoms with Gasteiger partial charge in [0.1, 0.15) is 24.1 Å². The molecule has 0 radical (unpaired) electrons. The van der Waals surface area contributed by atoms with E-state index in [1.165, 1.54) is 0 Å². The fourth-order valence-corrected chi connectivity index (χ4v) is 3.24. The topological polar surface area (TPSA) is 62.8 Å². The highest BCUT2D eigenvalue weighted by Crippen LogP contribution is 2.24. The summed E-state index contributed by atoms with van der Waals surface area (Å²) in [6, 6.07) is 15.4. The van der Waals surface area contributed by atoms with Gasteiger partial charge in [0.25, 0.3) is 0 Å². The van der Waals surface area contributed by atoms with Gasteiger partial charge < -0.3 is 14.4 Å². The van der Waals surface area contributed by atoms with Crippen molar-refractivity contribution in [1.29, 1.82) is 0 Å². The van der Waals surface area contributed by atoms with Crippen LogP contribution in [0.25, 0.3) is 0 Å². The molecule has 7 heteroatoms. The molecule has 2 atom stereocenters. The molecular weight excluding hydrogens is 410 g/mol. The van der Waals surface area contributed by atoms with Gasteiger partial charge in [-0.25, -0.2) is 10.9 Å². The first kappa shape index (κ1) is 19.7. The number of nitrogens with zero attached hydrogens (tertiary/aromatic N) is 1. The van der Waals surface area contributed by atoms with E-state index in [1.807, 2.05) is 36.4 Å². The number of likely N-dealkylation sites (N-methyl/N-ethyl adjacent to an activating group) is 1. The van der Waals surface area contributed by atoms with Gasteiger partial charge in [-0.2, -0.15) is 0 Å². The lowest BCUT2D eigenvalue weighted by Crippen LogP contribution is -2.45. The highest BCUT2D eigenvalue weighted by molar-refractivity contribution is 9.10. The molecule has 1 heterocycles. The Balaban J connectivity index is 1.45. The second-order valence-corrected chi connectivity index (χ2v) is 7.38. The van der Waals surface area contributed by atoms with Crippen LogP contribution in [0.5, 0.6) is 11.5 Å². The van der Waals surface area contributed by atoms with Crippen molar-refractivity contribution in [2.75, 3.05) is 27.3 Å². The minimum absolute atomic E-state index is 0.0560. The van der Waals surface area contributed by atoms with E-state index in [0.29, 0.717) is 19.6 Å². The summed E-state index contributed by atoms with van der Waals surface area (Å²) in [7, 11) is 3.43. The van der Waals surface area contributed by atoms with Crippen molar-refractivity contribution in [3.63, 3.8) is 0 Å². The average molecular weight is 434 g/mol. The van der Waals surface area contributed by atoms with Crippen LogP contribution in [0.15, 0.2) is 53.0 Å². The van der Waals surface area contributed by atoms with E-state index in [4.69, 9.17) is 9.47 Å². The van der Waals surface area contributed by atoms with E-state index in [9.17, 15) is 4.79 Å². The molecule has 1 fully saturated rings. The lowest BCUT2D eigenvalue weighted by atomic mass is 10.0. The van der Waals surface area contributed by atoms with Gasteiger partial charge in [0, 0.05) is 17.6 Å². The van der Waals surface area contributed by atoms with Crippen LogP contribution in [-0.4, -0.2) is 44.2 Å². The normalized spacial score (nSPS) is 18.9. The minimum atomic E-state index is -0.246. The van der Waals surface area contributed by atoms with Crippen molar-refractivity contribution >= 4 is 21.8 Å². The Kier molecular flexibility index (Phi) is 6.71. The number of hydrazine groups is 1. The number of ether oxygens (including phenoxy) is 2. The van der Waals surface area contributed by atoms with Crippen LogP contribution in [0, 0.1) is 0 Å². The van der Waals surface area contributed by atoms with Crippen molar-refractivity contribution in [2.45, 2.75) is 18.5 Å². The summed E-state index contributed by atoms with van der Waals surface area (Å²) in [5, 5.41) is 0. The zero-order valence-corrected chi connectivity index (χ0v) is 17.0. The van der Waals surface area contributed by atoms with Crippen LogP contribution in [0.2, 0.25) is 0 Å². The molecule has 1 aliphatic rings. The van der Waals surface area contributed by atoms with Crippen LogP contribution < -0.4 is 20.3 Å². The van der Waals surface area contributed by atoms with Crippen LogP contribution in [-0.2, 0) is 4.79 Å². The highest BCUT2D eigenvalue weighted by Gasteiger charge is 2.31. The lowest BCUT2D eigenvalue weighted by Gasteiger charge is -2.21. The molecule has 0 aliphatic carbocycles. The van der Waals surface area contributed by atoms with Gasteiger partial charge in [0.05, 0.1) is 13.7 Å². The molecule has 2 aromatic carbocycles. The summed E-state index contributed by atoms with van der Waals surface area (Å²) in [6.45, 7) is 0.955. The second-order valence-electron chi connectivity index (χ2n) is 6.46. The zero-order chi connectivity index (χ0) is 19.2. The SMILES string of the molecule is COc1ccc(OCCN(C)C(=O)C2CC(c3ccc(Br)cc3)NN2)cc1. The number of benzene rings is 2. The molecule has 2 aromatic rings. The summed E-state index contributed by atoms with van der Waals surface area (Å²) in [6.07, 6.45) is 0.712. The minimum Gasteiger partial charge on any atom is -0.497 e. The number of hydrogen-bond donors (Lipinski definition) is 2. The Morgan fingerprint density at radius 1 is 1.11 bits per heavy atom. The quantitative estimate of drug-likeness (QED) is 0.702. The van der Waals surface area contributed by atoms with Crippen molar-refractivity contribution in [3.8, 4) is 11.5 Å². The number of amides is 1. The molecule has 2 N–H and O–H groups in total. The van der Waals surface area contributed by atoms with E-state index >= 15 is 0 Å². The van der Waals surface area contributed by atoms with Crippen molar-refractivity contribution < 1.29 is 14.3 Å². The number of rotatable bonds is 7. The average Bonchev–Trinajstić information content (AvgIpc) is 3.18. The third-order valence-electron chi connectivity index (χ3n) is 4.60. The Morgan fingerprint density at radius 3 is 2.44 bits per heavy atom. The number of methoxy groups -OCH3 is 1. The predicted octanol–water partition coefficient (Wildman–Crippen LogP) is 2.90. The van der Waals surface area contributed by atoms with Gasteiger partial charge in [-0.1, -0.05) is 28.1 Å². The maximum Gasteiger partial charge on any atom is 0.240 e. The Labute approximate surface area is 167 Å². The molecule has 1 amide bonds. The maximum absolute atomic E-state index is 12.6. The standard InChI is InChI=1S/C20H24BrN3O3/c1-24(11-12-27-17-9-7-16(26-2)8-10-17)20(25)19-13-18(22-23-19)14-3-5-15(21)6-4-14/h3-10,18-19,22-23H,11-13H2,1-2H3. The summed E-state index contributed by atoms with van der Waals surface area (Å²) >= 11 is 3.44. The van der Waals surface area contributed by atoms with Crippen molar-refractivity contribution in [3.05, 3.63) is 58.6 Å². The van der Waals surface area contributed by atoms with E-state index in [0.717, 1.165) is 21.5 Å². The fourth-order valence-electron chi connectivity index (χ4n) is 2.98. The number of carbonyl (C=O) groups excluding carboxylic acids is 1. The van der Waals surface area contributed by atoms with Crippen molar-refractivity contribution in [1.82, 2.24) is 15.8 Å². The Hall–Kier alpha value is -2.09. The van der Waals surface area contributed by atoms with Crippen LogP contribution in [0.1, 0.15) is 18.0 Å². The number of halogens is 1. The van der Waals surface area contributed by atoms with Gasteiger partial charge in [-0.05, 0) is 48.4 Å². The smallest absolute Gasteiger partial charge is 0.240 e. The van der Waals surface area contributed by atoms with E-state index in [1.54, 1.807) is 19.1 Å². The molecule has 0 saturated carbocycles. The van der Waals surface area contributed by atoms with Gasteiger partial charge in [0.2, 0.25) is 5.91 Å². The maximum atomic E-state index is 12.6. The summed E-state index contributed by atoms with van der Waals surface area (Å²) in [5.74, 6) is 1.60. The third-order valence-corrected chi connectivity index (χ3v) is 5.13. The molecule has 3 rings (SSSR count). The monoisotopic (exact) mass is 433 g/mol. The highest BCUT2D eigenvalue weighted by atomic mass is 79.9. The number of hydrogen-bond acceptors (Lipinski definition) is 5. The first-order chi connectivity index (χ1) is 13.1. The first-order valence-electron chi connectivity index (χ1n) is 8.85. The number of nitrogens with one attached hydrogen (secondary N) is 2. The Morgan fingerprint density at radius 2 is 1.78 bits per heavy atom. The zero-order valence-electron chi connectivity index (χ0n) is 15.4. The summed E-state index contributed by atoms with van der Waals surface area (Å²) < 4.78 is 11.9. The van der Waals surface area contributed by atoms with Gasteiger partial charge in [0.15, 0.2) is 0 Å². The molecule has 0 bridgehead atoms. The van der Waals surface area contributed by atoms with E-state index in [-0.39, 0.29) is 18.0 Å². The summed E-state index contributed by atoms with van der Waals surface area (Å²) in [4.78, 5) is 14.3. The van der Waals surface area contributed by atoms with Gasteiger partial charge in [-0.15, -0.1) is 0 Å². The molecule has 1 aliphatic heterocycles. The molecule has 0 spiro atoms. The summed E-state index contributed by atoms with van der Waals surface area (Å²) in [5.41, 5.74) is 7.49. The van der Waals surface area contributed by atoms with Crippen LogP contribution in [0.4, 0.5) is 0 Å². The number of carbonyl (C=O) groups is 1. The molecule has 2 unspecified atom stereocenters. The molecule has 6 nitrogen and oxygen atoms in total. The van der Waals surface area contributed by atoms with E-state index in [2.05, 4.69) is 38.9 Å². The fraction of sp³-hybridized carbons (Fsp3) is 0.350. The molecular formula is C20H24BrN3O3. The van der Waals surface area contributed by atoms with Gasteiger partial charge in [-0.3, -0.25) is 4.79 Å². The molecule has 144 valence electrons. The Bertz CT molecular complexity index is 752. The van der Waals surface area contributed by atoms with Crippen LogP contribution >= 0.6 is 15.9 Å².